The first-order valence-electron chi connectivity index (χ1n) is 21.5. The van der Waals surface area contributed by atoms with Crippen LogP contribution in [-0.4, -0.2) is 68.8 Å². The molecule has 11 nitrogen and oxygen atoms in total. The van der Waals surface area contributed by atoms with Crippen molar-refractivity contribution in [2.45, 2.75) is 60.4 Å². The maximum atomic E-state index is 8.54. The molecule has 0 unspecified atom stereocenters. The lowest BCUT2D eigenvalue weighted by Crippen LogP contribution is -2.49. The Morgan fingerprint density at radius 1 is 0.346 bits per heavy atom. The maximum Gasteiger partial charge on any atom is 0.498 e. The SMILES string of the molecule is C.C#CC#CC#CC#CC#CC#CC#CC#CC#CC#CC#CC#CC#CC#CC#CC#CC#CC#CC.C[Si](O)(O)O.C[Si](O)(O)O[Si](C)(O)O.C[Si](OCc1ccccc1)(OCc1ccccc1)OCc1ccccc1.[HH]. The summed E-state index contributed by atoms with van der Waals surface area (Å²) in [5.74, 6) is 86.9. The van der Waals surface area contributed by atoms with Crippen molar-refractivity contribution in [2.24, 2.45) is 0 Å². The Morgan fingerprint density at radius 3 is 0.679 bits per heavy atom. The van der Waals surface area contributed by atoms with Gasteiger partial charge in [0.05, 0.1) is 19.8 Å². The van der Waals surface area contributed by atoms with E-state index >= 15 is 0 Å². The first kappa shape index (κ1) is 70.2. The minimum Gasteiger partial charge on any atom is -0.390 e. The monoisotopic (exact) mass is 1090 g/mol. The van der Waals surface area contributed by atoms with Crippen molar-refractivity contribution in [1.29, 1.82) is 0 Å². The van der Waals surface area contributed by atoms with Crippen molar-refractivity contribution in [3.63, 3.8) is 0 Å². The van der Waals surface area contributed by atoms with Crippen LogP contribution in [0.4, 0.5) is 0 Å². The van der Waals surface area contributed by atoms with E-state index in [2.05, 4.69) is 211 Å². The van der Waals surface area contributed by atoms with E-state index in [-0.39, 0.29) is 8.85 Å². The second-order valence-corrected chi connectivity index (χ2v) is 22.7. The zero-order chi connectivity index (χ0) is 57.0. The van der Waals surface area contributed by atoms with Crippen LogP contribution in [0, 0.1) is 214 Å². The van der Waals surface area contributed by atoms with Gasteiger partial charge in [0.2, 0.25) is 0 Å². The fourth-order valence-electron chi connectivity index (χ4n) is 3.92. The molecule has 0 fully saturated rings. The van der Waals surface area contributed by atoms with Gasteiger partial charge in [-0.25, -0.2) is 0 Å². The highest BCUT2D eigenvalue weighted by Crippen LogP contribution is 2.18. The zero-order valence-electron chi connectivity index (χ0n) is 42.1. The molecule has 0 radical (unpaired) electrons. The number of benzene rings is 3. The Morgan fingerprint density at radius 2 is 0.526 bits per heavy atom. The molecule has 0 aromatic heterocycles. The third kappa shape index (κ3) is 54.0. The van der Waals surface area contributed by atoms with Crippen molar-refractivity contribution < 1.29 is 52.4 Å². The fourth-order valence-corrected chi connectivity index (χ4v) is 8.39. The van der Waals surface area contributed by atoms with Crippen molar-refractivity contribution in [3.8, 4) is 214 Å². The number of hydrogen-bond donors (Lipinski definition) is 7. The summed E-state index contributed by atoms with van der Waals surface area (Å²) in [5.41, 5.74) is 3.33. The average Bonchev–Trinajstić information content (AvgIpc) is 3.38. The summed E-state index contributed by atoms with van der Waals surface area (Å²) in [7, 11) is -13.9. The molecule has 78 heavy (non-hydrogen) atoms. The molecule has 0 heterocycles. The van der Waals surface area contributed by atoms with Gasteiger partial charge in [0.1, 0.15) is 0 Å². The molecule has 0 aliphatic heterocycles. The molecular formula is C63H50O11Si4. The quantitative estimate of drug-likeness (QED) is 0.111. The second kappa shape index (κ2) is 45.8. The van der Waals surface area contributed by atoms with Crippen LogP contribution in [0.5, 0.6) is 0 Å². The Balaban J connectivity index is -0.00000118. The van der Waals surface area contributed by atoms with Gasteiger partial charge in [0.15, 0.2) is 0 Å². The Hall–Kier alpha value is -9.83. The summed E-state index contributed by atoms with van der Waals surface area (Å²) in [4.78, 5) is 57.5. The molecule has 0 atom stereocenters. The van der Waals surface area contributed by atoms with Crippen LogP contribution in [0.15, 0.2) is 91.0 Å². The third-order valence-corrected chi connectivity index (χ3v) is 11.7. The molecule has 0 aliphatic rings. The fraction of sp³-hybridized carbons (Fsp3) is 0.143. The molecule has 7 N–H and O–H groups in total. The summed E-state index contributed by atoms with van der Waals surface area (Å²) in [6.45, 7) is 8.15. The summed E-state index contributed by atoms with van der Waals surface area (Å²) >= 11 is 0. The predicted molar refractivity (Wildman–Crippen MR) is 312 cm³/mol. The van der Waals surface area contributed by atoms with Crippen LogP contribution in [-0.2, 0) is 37.2 Å². The van der Waals surface area contributed by atoms with Crippen molar-refractivity contribution in [2.75, 3.05) is 0 Å². The van der Waals surface area contributed by atoms with E-state index in [0.717, 1.165) is 36.3 Å². The largest absolute Gasteiger partial charge is 0.498 e. The molecule has 3 rings (SSSR count). The normalized spacial score (nSPS) is 8.04. The zero-order valence-corrected chi connectivity index (χ0v) is 46.1. The topological polar surface area (TPSA) is 179 Å². The van der Waals surface area contributed by atoms with Gasteiger partial charge in [0, 0.05) is 134 Å². The van der Waals surface area contributed by atoms with Gasteiger partial charge in [-0.05, 0) is 118 Å². The van der Waals surface area contributed by atoms with E-state index in [1.807, 2.05) is 97.5 Å². The first-order valence-corrected chi connectivity index (χ1v) is 30.7. The molecule has 3 aromatic rings. The summed E-state index contributed by atoms with van der Waals surface area (Å²) in [6, 6.07) is 30.3. The van der Waals surface area contributed by atoms with Crippen LogP contribution in [0.3, 0.4) is 0 Å². The molecule has 0 saturated heterocycles. The van der Waals surface area contributed by atoms with Crippen LogP contribution >= 0.6 is 0 Å². The van der Waals surface area contributed by atoms with Gasteiger partial charge in [-0.1, -0.05) is 104 Å². The van der Waals surface area contributed by atoms with Gasteiger partial charge >= 0.3 is 35.2 Å². The minimum atomic E-state index is -3.73. The number of terminal acetylenes is 1. The van der Waals surface area contributed by atoms with Gasteiger partial charge in [-0.15, -0.1) is 6.42 Å². The van der Waals surface area contributed by atoms with Crippen molar-refractivity contribution >= 4 is 35.2 Å². The van der Waals surface area contributed by atoms with E-state index in [1.165, 1.54) is 0 Å². The van der Waals surface area contributed by atoms with E-state index in [4.69, 9.17) is 53.3 Å². The molecule has 384 valence electrons. The minimum absolute atomic E-state index is 0. The molecule has 0 aliphatic carbocycles. The molecular weight excluding hydrogens is 1050 g/mol. The maximum absolute atomic E-state index is 8.54. The van der Waals surface area contributed by atoms with Gasteiger partial charge in [0.25, 0.3) is 0 Å². The van der Waals surface area contributed by atoms with Gasteiger partial charge in [-0.2, -0.15) is 0 Å². The standard InChI is InChI=1S/C37H4.C22H24O3Si.C2H10O5Si2.CH6O3Si.CH4.H2/c1-3-5-7-9-11-13-15-17-19-21-23-25-27-29-31-33-35-37-36-34-32-30-28-26-24-22-20-18-16-14-12-10-8-6-4-2;1-26(23-17-20-11-5-2-6-12-20,24-18-21-13-7-3-8-14-21)25-19-22-15-9-4-10-16-22;1-8(3,4)7-9(2,5)6;1-5(2,3)4;;/h1H,2H3;2-16H,17-19H2,1H3;3-6H,1-2H3;2-4H,1H3;1H4;1H. The molecule has 0 bridgehead atoms. The van der Waals surface area contributed by atoms with E-state index in [9.17, 15) is 0 Å². The van der Waals surface area contributed by atoms with Crippen LogP contribution in [0.1, 0.15) is 32.5 Å². The number of hydrogen-bond acceptors (Lipinski definition) is 11. The summed E-state index contributed by atoms with van der Waals surface area (Å²) in [5, 5.41) is 0. The van der Waals surface area contributed by atoms with Crippen molar-refractivity contribution in [3.05, 3.63) is 108 Å². The van der Waals surface area contributed by atoms with Crippen LogP contribution in [0.2, 0.25) is 26.2 Å². The molecule has 0 amide bonds. The molecule has 3 aromatic carbocycles. The molecule has 15 heteroatoms. The van der Waals surface area contributed by atoms with E-state index in [0.29, 0.717) is 19.8 Å². The summed E-state index contributed by atoms with van der Waals surface area (Å²) in [6.07, 6.45) is 4.93. The lowest BCUT2D eigenvalue weighted by atomic mass is 10.2. The van der Waals surface area contributed by atoms with E-state index in [1.54, 1.807) is 6.92 Å². The Kier molecular flexibility index (Phi) is 41.2. The Bertz CT molecular complexity index is 3500. The average molecular weight is 1100 g/mol. The smallest absolute Gasteiger partial charge is 0.390 e. The van der Waals surface area contributed by atoms with E-state index < -0.39 is 35.2 Å². The van der Waals surface area contributed by atoms with Crippen molar-refractivity contribution in [1.82, 2.24) is 0 Å². The summed E-state index contributed by atoms with van der Waals surface area (Å²) < 4.78 is 22.6. The highest BCUT2D eigenvalue weighted by molar-refractivity contribution is 6.70. The second-order valence-electron chi connectivity index (χ2n) is 13.6. The lowest BCUT2D eigenvalue weighted by Gasteiger charge is -2.26. The highest BCUT2D eigenvalue weighted by Gasteiger charge is 2.37. The van der Waals surface area contributed by atoms with Crippen LogP contribution < -0.4 is 0 Å². The lowest BCUT2D eigenvalue weighted by molar-refractivity contribution is 0.0492. The molecule has 0 spiro atoms. The third-order valence-electron chi connectivity index (χ3n) is 6.62. The van der Waals surface area contributed by atoms with Gasteiger partial charge < -0.3 is 51.0 Å². The van der Waals surface area contributed by atoms with Gasteiger partial charge in [-0.3, -0.25) is 0 Å². The first-order chi connectivity index (χ1) is 36.9. The highest BCUT2D eigenvalue weighted by atomic mass is 28.5. The predicted octanol–water partition coefficient (Wildman–Crippen LogP) is 3.43. The molecule has 0 saturated carbocycles. The Labute approximate surface area is 466 Å². The van der Waals surface area contributed by atoms with Crippen LogP contribution in [0.25, 0.3) is 0 Å². The number of rotatable bonds is 11.